The molecule has 0 radical (unpaired) electrons. The molecule has 0 aliphatic heterocycles. The summed E-state index contributed by atoms with van der Waals surface area (Å²) in [6.07, 6.45) is 5.58. The number of para-hydroxylation sites is 2. The van der Waals surface area contributed by atoms with Crippen LogP contribution in [0.15, 0.2) is 108 Å². The summed E-state index contributed by atoms with van der Waals surface area (Å²) in [6, 6.07) is 30.0. The molecule has 0 atom stereocenters. The third-order valence-electron chi connectivity index (χ3n) is 5.85. The molecule has 162 valence electrons. The molecule has 0 aliphatic carbocycles. The molecule has 2 heterocycles. The number of fused-ring (bicyclic) bond motifs is 1. The molecule has 5 rings (SSSR count). The van der Waals surface area contributed by atoms with Crippen LogP contribution in [-0.2, 0) is 6.54 Å². The summed E-state index contributed by atoms with van der Waals surface area (Å²) in [5.74, 6) is -0.249. The minimum atomic E-state index is -0.249. The average molecular weight is 433 g/mol. The fourth-order valence-corrected chi connectivity index (χ4v) is 4.19. The Bertz CT molecular complexity index is 1430. The molecule has 0 saturated heterocycles. The zero-order valence-electron chi connectivity index (χ0n) is 18.3. The Morgan fingerprint density at radius 2 is 1.58 bits per heavy atom. The van der Waals surface area contributed by atoms with Gasteiger partial charge in [-0.05, 0) is 42.8 Å². The molecular weight excluding hydrogens is 408 g/mol. The number of hydrazone groups is 1. The van der Waals surface area contributed by atoms with Crippen molar-refractivity contribution in [3.63, 3.8) is 0 Å². The SMILES string of the molecule is Cc1c(/C=N\NC(=O)c2ccccc2-n2cccc2)c2ccccc2n1Cc1ccccc1. The maximum Gasteiger partial charge on any atom is 0.273 e. The first kappa shape index (κ1) is 20.5. The Morgan fingerprint density at radius 3 is 2.39 bits per heavy atom. The molecule has 1 N–H and O–H groups in total. The molecular formula is C28H24N4O. The lowest BCUT2D eigenvalue weighted by atomic mass is 10.1. The van der Waals surface area contributed by atoms with Crippen molar-refractivity contribution in [2.24, 2.45) is 5.10 Å². The van der Waals surface area contributed by atoms with Crippen LogP contribution in [0.3, 0.4) is 0 Å². The van der Waals surface area contributed by atoms with Crippen molar-refractivity contribution in [1.29, 1.82) is 0 Å². The molecule has 0 aliphatic rings. The summed E-state index contributed by atoms with van der Waals surface area (Å²) in [5, 5.41) is 5.43. The highest BCUT2D eigenvalue weighted by atomic mass is 16.2. The zero-order chi connectivity index (χ0) is 22.6. The number of hydrogen-bond acceptors (Lipinski definition) is 2. The van der Waals surface area contributed by atoms with E-state index in [4.69, 9.17) is 0 Å². The fraction of sp³-hybridized carbons (Fsp3) is 0.0714. The molecule has 5 aromatic rings. The topological polar surface area (TPSA) is 51.3 Å². The van der Waals surface area contributed by atoms with Gasteiger partial charge < -0.3 is 9.13 Å². The fourth-order valence-electron chi connectivity index (χ4n) is 4.19. The van der Waals surface area contributed by atoms with Gasteiger partial charge in [-0.2, -0.15) is 5.10 Å². The smallest absolute Gasteiger partial charge is 0.273 e. The van der Waals surface area contributed by atoms with Crippen LogP contribution in [0.4, 0.5) is 0 Å². The monoisotopic (exact) mass is 432 g/mol. The van der Waals surface area contributed by atoms with Gasteiger partial charge in [0.15, 0.2) is 0 Å². The maximum atomic E-state index is 12.9. The first-order valence-corrected chi connectivity index (χ1v) is 10.9. The van der Waals surface area contributed by atoms with Gasteiger partial charge in [0.1, 0.15) is 0 Å². The highest BCUT2D eigenvalue weighted by molar-refractivity contribution is 6.02. The molecule has 2 aromatic heterocycles. The van der Waals surface area contributed by atoms with Crippen LogP contribution in [0.2, 0.25) is 0 Å². The van der Waals surface area contributed by atoms with Crippen molar-refractivity contribution >= 4 is 23.0 Å². The van der Waals surface area contributed by atoms with Gasteiger partial charge >= 0.3 is 0 Å². The lowest BCUT2D eigenvalue weighted by Crippen LogP contribution is -2.19. The van der Waals surface area contributed by atoms with Crippen molar-refractivity contribution in [2.75, 3.05) is 0 Å². The summed E-state index contributed by atoms with van der Waals surface area (Å²) in [5.41, 5.74) is 8.57. The maximum absolute atomic E-state index is 12.9. The second-order valence-electron chi connectivity index (χ2n) is 7.89. The molecule has 1 amide bonds. The predicted molar refractivity (Wildman–Crippen MR) is 133 cm³/mol. The molecule has 0 fully saturated rings. The number of amides is 1. The molecule has 5 nitrogen and oxygen atoms in total. The van der Waals surface area contributed by atoms with E-state index in [9.17, 15) is 4.79 Å². The molecule has 5 heteroatoms. The summed E-state index contributed by atoms with van der Waals surface area (Å²) in [7, 11) is 0. The molecule has 0 spiro atoms. The third-order valence-corrected chi connectivity index (χ3v) is 5.85. The van der Waals surface area contributed by atoms with E-state index in [-0.39, 0.29) is 5.91 Å². The molecule has 3 aromatic carbocycles. The first-order chi connectivity index (χ1) is 16.2. The van der Waals surface area contributed by atoms with Crippen LogP contribution in [0.25, 0.3) is 16.6 Å². The van der Waals surface area contributed by atoms with Gasteiger partial charge in [0, 0.05) is 41.1 Å². The largest absolute Gasteiger partial charge is 0.340 e. The average Bonchev–Trinajstić information content (AvgIpc) is 3.48. The second-order valence-corrected chi connectivity index (χ2v) is 7.89. The Balaban J connectivity index is 1.43. The van der Waals surface area contributed by atoms with Gasteiger partial charge in [-0.1, -0.05) is 60.7 Å². The van der Waals surface area contributed by atoms with Crippen molar-refractivity contribution in [2.45, 2.75) is 13.5 Å². The van der Waals surface area contributed by atoms with E-state index in [1.807, 2.05) is 65.5 Å². The number of carbonyl (C=O) groups is 1. The van der Waals surface area contributed by atoms with E-state index in [1.54, 1.807) is 12.3 Å². The molecule has 0 bridgehead atoms. The van der Waals surface area contributed by atoms with Gasteiger partial charge in [0.2, 0.25) is 0 Å². The Kier molecular flexibility index (Phi) is 5.60. The van der Waals surface area contributed by atoms with Gasteiger partial charge in [0.25, 0.3) is 5.91 Å². The van der Waals surface area contributed by atoms with Crippen LogP contribution >= 0.6 is 0 Å². The number of rotatable bonds is 6. The van der Waals surface area contributed by atoms with E-state index in [2.05, 4.69) is 58.4 Å². The highest BCUT2D eigenvalue weighted by Gasteiger charge is 2.14. The van der Waals surface area contributed by atoms with Crippen molar-refractivity contribution in [3.8, 4) is 5.69 Å². The van der Waals surface area contributed by atoms with Gasteiger partial charge in [-0.25, -0.2) is 5.43 Å². The summed E-state index contributed by atoms with van der Waals surface area (Å²) in [4.78, 5) is 12.9. The minimum absolute atomic E-state index is 0.249. The van der Waals surface area contributed by atoms with Gasteiger partial charge in [-0.3, -0.25) is 4.79 Å². The second kappa shape index (κ2) is 9.01. The number of benzene rings is 3. The Hall–Kier alpha value is -4.38. The lowest BCUT2D eigenvalue weighted by Gasteiger charge is -2.09. The third kappa shape index (κ3) is 4.08. The lowest BCUT2D eigenvalue weighted by molar-refractivity contribution is 0.0955. The van der Waals surface area contributed by atoms with Gasteiger partial charge in [-0.15, -0.1) is 0 Å². The zero-order valence-corrected chi connectivity index (χ0v) is 18.3. The number of hydrogen-bond donors (Lipinski definition) is 1. The van der Waals surface area contributed by atoms with E-state index in [0.29, 0.717) is 5.56 Å². The molecule has 0 saturated carbocycles. The minimum Gasteiger partial charge on any atom is -0.340 e. The van der Waals surface area contributed by atoms with Crippen molar-refractivity contribution in [3.05, 3.63) is 126 Å². The summed E-state index contributed by atoms with van der Waals surface area (Å²) >= 11 is 0. The first-order valence-electron chi connectivity index (χ1n) is 10.9. The van der Waals surface area contributed by atoms with Crippen LogP contribution < -0.4 is 5.43 Å². The van der Waals surface area contributed by atoms with Crippen LogP contribution in [0.5, 0.6) is 0 Å². The van der Waals surface area contributed by atoms with E-state index < -0.39 is 0 Å². The van der Waals surface area contributed by atoms with Crippen LogP contribution in [0, 0.1) is 6.92 Å². The van der Waals surface area contributed by atoms with E-state index in [1.165, 1.54) is 5.56 Å². The standard InChI is InChI=1S/C28H24N4O/c1-21-25(23-13-5-8-16-27(23)32(21)20-22-11-3-2-4-12-22)19-29-30-28(33)24-14-6-7-15-26(24)31-17-9-10-18-31/h2-19H,20H2,1H3,(H,30,33)/b29-19-. The predicted octanol–water partition coefficient (Wildman–Crippen LogP) is 5.55. The van der Waals surface area contributed by atoms with Gasteiger partial charge in [0.05, 0.1) is 17.5 Å². The number of nitrogens with zero attached hydrogens (tertiary/aromatic N) is 3. The van der Waals surface area contributed by atoms with E-state index in [0.717, 1.165) is 34.4 Å². The number of nitrogens with one attached hydrogen (secondary N) is 1. The highest BCUT2D eigenvalue weighted by Crippen LogP contribution is 2.25. The Labute approximate surface area is 192 Å². The molecule has 0 unspecified atom stereocenters. The van der Waals surface area contributed by atoms with E-state index >= 15 is 0 Å². The number of carbonyl (C=O) groups excluding carboxylic acids is 1. The molecule has 33 heavy (non-hydrogen) atoms. The number of aromatic nitrogens is 2. The van der Waals surface area contributed by atoms with Crippen LogP contribution in [-0.4, -0.2) is 21.3 Å². The normalized spacial score (nSPS) is 11.3. The van der Waals surface area contributed by atoms with Crippen LogP contribution in [0.1, 0.15) is 27.2 Å². The summed E-state index contributed by atoms with van der Waals surface area (Å²) < 4.78 is 4.20. The quantitative estimate of drug-likeness (QED) is 0.277. The van der Waals surface area contributed by atoms with Crippen molar-refractivity contribution < 1.29 is 4.79 Å². The van der Waals surface area contributed by atoms with Crippen molar-refractivity contribution in [1.82, 2.24) is 14.6 Å². The Morgan fingerprint density at radius 1 is 0.879 bits per heavy atom. The summed E-state index contributed by atoms with van der Waals surface area (Å²) in [6.45, 7) is 2.87.